The maximum Gasteiger partial charge on any atom is 0.413 e. The van der Waals surface area contributed by atoms with Gasteiger partial charge in [0.1, 0.15) is 11.6 Å². The van der Waals surface area contributed by atoms with Gasteiger partial charge in [-0.05, 0) is 32.4 Å². The fourth-order valence-electron chi connectivity index (χ4n) is 3.60. The lowest BCUT2D eigenvalue weighted by atomic mass is 10.0. The van der Waals surface area contributed by atoms with Crippen molar-refractivity contribution in [3.63, 3.8) is 0 Å². The van der Waals surface area contributed by atoms with Gasteiger partial charge in [-0.3, -0.25) is 4.90 Å². The molecule has 3 atom stereocenters. The number of amides is 1. The summed E-state index contributed by atoms with van der Waals surface area (Å²) in [5.41, 5.74) is 0.283. The van der Waals surface area contributed by atoms with Crippen molar-refractivity contribution in [1.29, 1.82) is 0 Å². The van der Waals surface area contributed by atoms with E-state index in [-0.39, 0.29) is 0 Å². The van der Waals surface area contributed by atoms with Crippen LogP contribution in [0.5, 0.6) is 11.5 Å². The topological polar surface area (TPSA) is 94.5 Å². The quantitative estimate of drug-likeness (QED) is 0.762. The Morgan fingerprint density at radius 2 is 1.68 bits per heavy atom. The number of carbonyl (C=O) groups excluding carboxylic acids is 1. The van der Waals surface area contributed by atoms with Crippen LogP contribution in [0.3, 0.4) is 0 Å². The van der Waals surface area contributed by atoms with E-state index in [1.54, 1.807) is 63.2 Å². The molecule has 1 saturated heterocycles. The van der Waals surface area contributed by atoms with Crippen LogP contribution in [0.1, 0.15) is 44.2 Å². The number of aliphatic carboxylic acids is 1. The summed E-state index contributed by atoms with van der Waals surface area (Å²) in [6, 6.07) is 13.1. The first-order chi connectivity index (χ1) is 14.7. The molecule has 1 unspecified atom stereocenters. The van der Waals surface area contributed by atoms with Crippen molar-refractivity contribution in [3.8, 4) is 11.5 Å². The Hall–Kier alpha value is -3.26. The molecule has 0 saturated carbocycles. The zero-order chi connectivity index (χ0) is 22.8. The number of ether oxygens (including phenoxy) is 4. The molecule has 2 aromatic rings. The summed E-state index contributed by atoms with van der Waals surface area (Å²) in [5, 5.41) is 9.91. The molecule has 31 heavy (non-hydrogen) atoms. The lowest BCUT2D eigenvalue weighted by molar-refractivity contribution is -0.150. The van der Waals surface area contributed by atoms with E-state index in [9.17, 15) is 14.7 Å². The summed E-state index contributed by atoms with van der Waals surface area (Å²) in [6.45, 7) is 5.24. The highest BCUT2D eigenvalue weighted by Gasteiger charge is 2.52. The molecule has 1 aliphatic rings. The lowest BCUT2D eigenvalue weighted by Crippen LogP contribution is -2.40. The number of para-hydroxylation sites is 1. The fraction of sp³-hybridized carbons (Fsp3) is 0.391. The minimum atomic E-state index is -1.31. The summed E-state index contributed by atoms with van der Waals surface area (Å²) in [4.78, 5) is 26.8. The van der Waals surface area contributed by atoms with Gasteiger partial charge < -0.3 is 24.1 Å². The van der Waals surface area contributed by atoms with E-state index in [4.69, 9.17) is 18.9 Å². The Labute approximate surface area is 181 Å². The molecule has 0 bridgehead atoms. The number of carbonyl (C=O) groups is 2. The Bertz CT molecular complexity index is 939. The molecule has 3 rings (SSSR count). The van der Waals surface area contributed by atoms with E-state index in [0.717, 1.165) is 0 Å². The predicted molar refractivity (Wildman–Crippen MR) is 112 cm³/mol. The first-order valence-corrected chi connectivity index (χ1v) is 9.83. The largest absolute Gasteiger partial charge is 0.493 e. The second kappa shape index (κ2) is 8.85. The van der Waals surface area contributed by atoms with Crippen LogP contribution in [0.25, 0.3) is 0 Å². The van der Waals surface area contributed by atoms with Crippen molar-refractivity contribution in [3.05, 3.63) is 59.7 Å². The number of hydrogen-bond donors (Lipinski definition) is 1. The van der Waals surface area contributed by atoms with E-state index in [0.29, 0.717) is 22.6 Å². The highest BCUT2D eigenvalue weighted by atomic mass is 16.6. The van der Waals surface area contributed by atoms with Crippen molar-refractivity contribution >= 4 is 12.1 Å². The van der Waals surface area contributed by atoms with Crippen molar-refractivity contribution in [2.45, 2.75) is 44.7 Å². The van der Waals surface area contributed by atoms with Gasteiger partial charge in [-0.25, -0.2) is 9.59 Å². The molecule has 8 nitrogen and oxygen atoms in total. The third-order valence-corrected chi connectivity index (χ3v) is 4.80. The highest BCUT2D eigenvalue weighted by Crippen LogP contribution is 2.48. The SMILES string of the molecule is COc1cccc(C2O[C@@H](C(=O)O)[C@H](c3ccccc3)N2C(=O)OC(C)(C)C)c1OC. The molecule has 1 amide bonds. The van der Waals surface area contributed by atoms with Gasteiger partial charge in [-0.2, -0.15) is 0 Å². The number of carboxylic acids is 1. The van der Waals surface area contributed by atoms with E-state index < -0.39 is 36.0 Å². The second-order valence-corrected chi connectivity index (χ2v) is 8.07. The molecule has 0 radical (unpaired) electrons. The van der Waals surface area contributed by atoms with E-state index >= 15 is 0 Å². The molecule has 2 aromatic carbocycles. The lowest BCUT2D eigenvalue weighted by Gasteiger charge is -2.32. The molecule has 1 aliphatic heterocycles. The van der Waals surface area contributed by atoms with Crippen molar-refractivity contribution in [2.75, 3.05) is 14.2 Å². The molecule has 1 N–H and O–H groups in total. The summed E-state index contributed by atoms with van der Waals surface area (Å²) in [5.74, 6) is -0.407. The average molecular weight is 429 g/mol. The van der Waals surface area contributed by atoms with Crippen LogP contribution in [0, 0.1) is 0 Å². The van der Waals surface area contributed by atoms with Crippen LogP contribution in [0.15, 0.2) is 48.5 Å². The number of rotatable bonds is 5. The molecule has 8 heteroatoms. The summed E-state index contributed by atoms with van der Waals surface area (Å²) in [6.07, 6.45) is -3.07. The smallest absolute Gasteiger partial charge is 0.413 e. The molecule has 166 valence electrons. The molecule has 0 aromatic heterocycles. The van der Waals surface area contributed by atoms with Crippen LogP contribution in [0.4, 0.5) is 4.79 Å². The van der Waals surface area contributed by atoms with Gasteiger partial charge in [0.05, 0.1) is 14.2 Å². The van der Waals surface area contributed by atoms with Crippen LogP contribution in [-0.2, 0) is 14.3 Å². The zero-order valence-electron chi connectivity index (χ0n) is 18.2. The highest BCUT2D eigenvalue weighted by molar-refractivity contribution is 5.78. The Morgan fingerprint density at radius 1 is 1.00 bits per heavy atom. The Balaban J connectivity index is 2.18. The fourth-order valence-corrected chi connectivity index (χ4v) is 3.60. The molecule has 0 spiro atoms. The van der Waals surface area contributed by atoms with E-state index in [1.807, 2.05) is 6.07 Å². The monoisotopic (exact) mass is 429 g/mol. The first kappa shape index (κ1) is 22.4. The maximum atomic E-state index is 13.3. The van der Waals surface area contributed by atoms with Crippen LogP contribution in [0.2, 0.25) is 0 Å². The molecular formula is C23H27NO7. The number of methoxy groups -OCH3 is 2. The van der Waals surface area contributed by atoms with Crippen molar-refractivity contribution in [1.82, 2.24) is 4.90 Å². The summed E-state index contributed by atoms with van der Waals surface area (Å²) < 4.78 is 22.5. The Kier molecular flexibility index (Phi) is 6.40. The summed E-state index contributed by atoms with van der Waals surface area (Å²) >= 11 is 0. The molecule has 0 aliphatic carbocycles. The minimum Gasteiger partial charge on any atom is -0.493 e. The zero-order valence-corrected chi connectivity index (χ0v) is 18.2. The van der Waals surface area contributed by atoms with Crippen LogP contribution >= 0.6 is 0 Å². The van der Waals surface area contributed by atoms with Gasteiger partial charge in [0.15, 0.2) is 23.8 Å². The second-order valence-electron chi connectivity index (χ2n) is 8.07. The van der Waals surface area contributed by atoms with Crippen molar-refractivity contribution < 1.29 is 33.6 Å². The van der Waals surface area contributed by atoms with Gasteiger partial charge >= 0.3 is 12.1 Å². The van der Waals surface area contributed by atoms with Gasteiger partial charge in [0.25, 0.3) is 0 Å². The third kappa shape index (κ3) is 4.59. The first-order valence-electron chi connectivity index (χ1n) is 9.83. The standard InChI is InChI=1S/C23H27NO7/c1-23(2,3)31-22(27)24-17(14-10-7-6-8-11-14)19(21(25)26)30-20(24)15-12-9-13-16(28-4)18(15)29-5/h6-13,17,19-20H,1-5H3,(H,25,26)/t17-,19+,20?/m0/s1. The number of benzene rings is 2. The van der Waals surface area contributed by atoms with E-state index in [2.05, 4.69) is 0 Å². The van der Waals surface area contributed by atoms with Crippen LogP contribution < -0.4 is 9.47 Å². The minimum absolute atomic E-state index is 0.349. The average Bonchev–Trinajstić information content (AvgIpc) is 3.13. The Morgan fingerprint density at radius 3 is 2.23 bits per heavy atom. The van der Waals surface area contributed by atoms with E-state index in [1.165, 1.54) is 19.1 Å². The number of nitrogens with zero attached hydrogens (tertiary/aromatic N) is 1. The molecule has 1 fully saturated rings. The summed E-state index contributed by atoms with van der Waals surface area (Å²) in [7, 11) is 2.97. The molecule has 1 heterocycles. The van der Waals surface area contributed by atoms with Gasteiger partial charge in [0.2, 0.25) is 0 Å². The third-order valence-electron chi connectivity index (χ3n) is 4.80. The number of hydrogen-bond acceptors (Lipinski definition) is 6. The number of carboxylic acid groups (broad SMARTS) is 1. The predicted octanol–water partition coefficient (Wildman–Crippen LogP) is 4.16. The van der Waals surface area contributed by atoms with Crippen molar-refractivity contribution in [2.24, 2.45) is 0 Å². The normalized spacial score (nSPS) is 20.9. The molecular weight excluding hydrogens is 402 g/mol. The van der Waals surface area contributed by atoms with Gasteiger partial charge in [-0.1, -0.05) is 42.5 Å². The van der Waals surface area contributed by atoms with Gasteiger partial charge in [-0.15, -0.1) is 0 Å². The van der Waals surface area contributed by atoms with Gasteiger partial charge in [0, 0.05) is 5.56 Å². The van der Waals surface area contributed by atoms with Crippen LogP contribution in [-0.4, -0.2) is 48.0 Å². The maximum absolute atomic E-state index is 13.3.